The number of nitrogens with one attached hydrogen (secondary N) is 2. The third-order valence-electron chi connectivity index (χ3n) is 3.79. The average molecular weight is 401 g/mol. The quantitative estimate of drug-likeness (QED) is 0.725. The van der Waals surface area contributed by atoms with Crippen molar-refractivity contribution in [3.63, 3.8) is 0 Å². The van der Waals surface area contributed by atoms with E-state index >= 15 is 0 Å². The van der Waals surface area contributed by atoms with Gasteiger partial charge in [-0.2, -0.15) is 0 Å². The first-order valence-electron chi connectivity index (χ1n) is 8.21. The van der Waals surface area contributed by atoms with Crippen LogP contribution in [0.15, 0.2) is 23.4 Å². The third kappa shape index (κ3) is 4.24. The Morgan fingerprint density at radius 2 is 1.73 bits per heavy atom. The van der Waals surface area contributed by atoms with E-state index in [0.717, 1.165) is 0 Å². The molecule has 1 heterocycles. The fourth-order valence-corrected chi connectivity index (χ4v) is 3.32. The first-order chi connectivity index (χ1) is 12.1. The molecule has 2 amide bonds. The Morgan fingerprint density at radius 3 is 2.19 bits per heavy atom. The van der Waals surface area contributed by atoms with E-state index in [1.54, 1.807) is 12.1 Å². The Hall–Kier alpha value is -1.92. The Kier molecular flexibility index (Phi) is 6.42. The molecule has 1 aliphatic heterocycles. The van der Waals surface area contributed by atoms with Crippen molar-refractivity contribution in [1.82, 2.24) is 10.6 Å². The summed E-state index contributed by atoms with van der Waals surface area (Å²) in [7, 11) is 1.29. The predicted molar refractivity (Wildman–Crippen MR) is 101 cm³/mol. The van der Waals surface area contributed by atoms with Gasteiger partial charge in [-0.25, -0.2) is 9.59 Å². The fraction of sp³-hybridized carbons (Fsp3) is 0.444. The average Bonchev–Trinajstić information content (AvgIpc) is 2.56. The van der Waals surface area contributed by atoms with Gasteiger partial charge in [0.1, 0.15) is 0 Å². The van der Waals surface area contributed by atoms with E-state index in [2.05, 4.69) is 10.6 Å². The molecular weight excluding hydrogens is 379 g/mol. The molecule has 2 N–H and O–H groups in total. The molecule has 0 bridgehead atoms. The number of carbonyl (C=O) groups excluding carboxylic acids is 2. The van der Waals surface area contributed by atoms with Crippen LogP contribution in [-0.4, -0.2) is 25.2 Å². The van der Waals surface area contributed by atoms with E-state index in [4.69, 9.17) is 32.7 Å². The second kappa shape index (κ2) is 8.18. The topological polar surface area (TPSA) is 76.7 Å². The van der Waals surface area contributed by atoms with Crippen LogP contribution in [0.2, 0.25) is 10.0 Å². The molecule has 1 aromatic rings. The number of allylic oxidation sites excluding steroid dienone is 1. The Bertz CT molecular complexity index is 737. The summed E-state index contributed by atoms with van der Waals surface area (Å²) < 4.78 is 10.5. The van der Waals surface area contributed by atoms with Crippen LogP contribution in [0.1, 0.15) is 39.3 Å². The number of hydrogen-bond acceptors (Lipinski definition) is 4. The number of ether oxygens (including phenoxy) is 2. The van der Waals surface area contributed by atoms with Gasteiger partial charge in [-0.1, -0.05) is 37.0 Å². The van der Waals surface area contributed by atoms with E-state index in [0.29, 0.717) is 32.6 Å². The zero-order valence-corrected chi connectivity index (χ0v) is 16.8. The van der Waals surface area contributed by atoms with Gasteiger partial charge in [0, 0.05) is 5.70 Å². The molecule has 0 spiro atoms. The van der Waals surface area contributed by atoms with Crippen LogP contribution in [0.3, 0.4) is 0 Å². The van der Waals surface area contributed by atoms with Crippen LogP contribution in [0.5, 0.6) is 5.75 Å². The molecule has 0 radical (unpaired) electrons. The van der Waals surface area contributed by atoms with E-state index in [9.17, 15) is 9.59 Å². The monoisotopic (exact) mass is 400 g/mol. The minimum absolute atomic E-state index is 0.0906. The minimum Gasteiger partial charge on any atom is -0.488 e. The number of rotatable bonds is 5. The number of hydrogen-bond donors (Lipinski definition) is 2. The van der Waals surface area contributed by atoms with Gasteiger partial charge < -0.3 is 20.1 Å². The highest BCUT2D eigenvalue weighted by atomic mass is 35.5. The normalized spacial score (nSPS) is 17.3. The molecule has 1 aliphatic rings. The van der Waals surface area contributed by atoms with Gasteiger partial charge in [-0.3, -0.25) is 0 Å². The van der Waals surface area contributed by atoms with E-state index in [1.165, 1.54) is 7.11 Å². The highest BCUT2D eigenvalue weighted by Crippen LogP contribution is 2.39. The first-order valence-corrected chi connectivity index (χ1v) is 8.96. The van der Waals surface area contributed by atoms with Crippen LogP contribution in [0.25, 0.3) is 0 Å². The van der Waals surface area contributed by atoms with Crippen molar-refractivity contribution in [3.05, 3.63) is 39.0 Å². The van der Waals surface area contributed by atoms with Crippen LogP contribution >= 0.6 is 23.2 Å². The lowest BCUT2D eigenvalue weighted by Gasteiger charge is -2.31. The zero-order valence-electron chi connectivity index (χ0n) is 15.3. The second-order valence-corrected chi connectivity index (χ2v) is 7.30. The van der Waals surface area contributed by atoms with Crippen LogP contribution < -0.4 is 15.4 Å². The molecule has 0 fully saturated rings. The molecule has 0 aliphatic carbocycles. The molecule has 0 saturated carbocycles. The summed E-state index contributed by atoms with van der Waals surface area (Å²) in [4.78, 5) is 24.5. The molecule has 8 heteroatoms. The van der Waals surface area contributed by atoms with Crippen molar-refractivity contribution < 1.29 is 19.1 Å². The Morgan fingerprint density at radius 1 is 1.15 bits per heavy atom. The van der Waals surface area contributed by atoms with Crippen LogP contribution in [0.4, 0.5) is 4.79 Å². The summed E-state index contributed by atoms with van der Waals surface area (Å²) in [5.74, 6) is -0.270. The van der Waals surface area contributed by atoms with Crippen molar-refractivity contribution in [3.8, 4) is 5.75 Å². The maximum atomic E-state index is 12.4. The number of benzene rings is 1. The smallest absolute Gasteiger partial charge is 0.337 e. The van der Waals surface area contributed by atoms with Crippen molar-refractivity contribution in [1.29, 1.82) is 0 Å². The fourth-order valence-electron chi connectivity index (χ4n) is 2.72. The van der Waals surface area contributed by atoms with Crippen molar-refractivity contribution in [2.75, 3.05) is 7.11 Å². The predicted octanol–water partition coefficient (Wildman–Crippen LogP) is 4.22. The number of carbonyl (C=O) groups is 2. The van der Waals surface area contributed by atoms with Gasteiger partial charge in [-0.05, 0) is 37.5 Å². The molecule has 0 aromatic heterocycles. The molecule has 1 aromatic carbocycles. The molecular formula is C18H22Cl2N2O4. The largest absolute Gasteiger partial charge is 0.488 e. The standard InChI is InChI=1S/C18H22Cl2N2O4/c1-8(2)14-13(17(23)25-5)15(22-18(24)21-14)10-6-11(19)16(12(20)7-10)26-9(3)4/h6-9,15H,1-5H3,(H2,21,22,24). The minimum atomic E-state index is -0.739. The van der Waals surface area contributed by atoms with Crippen molar-refractivity contribution >= 4 is 35.2 Å². The third-order valence-corrected chi connectivity index (χ3v) is 4.35. The molecule has 6 nitrogen and oxygen atoms in total. The maximum Gasteiger partial charge on any atom is 0.337 e. The number of methoxy groups -OCH3 is 1. The lowest BCUT2D eigenvalue weighted by Crippen LogP contribution is -2.47. The van der Waals surface area contributed by atoms with Gasteiger partial charge in [0.15, 0.2) is 5.75 Å². The molecule has 1 atom stereocenters. The van der Waals surface area contributed by atoms with Gasteiger partial charge in [-0.15, -0.1) is 0 Å². The molecule has 1 unspecified atom stereocenters. The first kappa shape index (κ1) is 20.4. The van der Waals surface area contributed by atoms with Crippen LogP contribution in [0, 0.1) is 5.92 Å². The lowest BCUT2D eigenvalue weighted by molar-refractivity contribution is -0.136. The van der Waals surface area contributed by atoms with E-state index in [1.807, 2.05) is 27.7 Å². The summed E-state index contributed by atoms with van der Waals surface area (Å²) >= 11 is 12.6. The van der Waals surface area contributed by atoms with Crippen molar-refractivity contribution in [2.45, 2.75) is 39.8 Å². The van der Waals surface area contributed by atoms with Gasteiger partial charge in [0.2, 0.25) is 0 Å². The zero-order chi connectivity index (χ0) is 19.6. The Balaban J connectivity index is 2.59. The summed E-state index contributed by atoms with van der Waals surface area (Å²) in [6.07, 6.45) is -0.104. The number of halogens is 2. The highest BCUT2D eigenvalue weighted by molar-refractivity contribution is 6.37. The van der Waals surface area contributed by atoms with Gasteiger partial charge in [0.25, 0.3) is 0 Å². The van der Waals surface area contributed by atoms with Crippen molar-refractivity contribution in [2.24, 2.45) is 5.92 Å². The second-order valence-electron chi connectivity index (χ2n) is 6.49. The maximum absolute atomic E-state index is 12.4. The molecule has 2 rings (SSSR count). The summed E-state index contributed by atoms with van der Waals surface area (Å²) in [6.45, 7) is 7.47. The van der Waals surface area contributed by atoms with Gasteiger partial charge in [0.05, 0.1) is 34.9 Å². The SMILES string of the molecule is COC(=O)C1=C(C(C)C)NC(=O)NC1c1cc(Cl)c(OC(C)C)c(Cl)c1. The van der Waals surface area contributed by atoms with Gasteiger partial charge >= 0.3 is 12.0 Å². The summed E-state index contributed by atoms with van der Waals surface area (Å²) in [6, 6.07) is 2.10. The lowest BCUT2D eigenvalue weighted by atomic mass is 9.91. The molecule has 142 valence electrons. The molecule has 26 heavy (non-hydrogen) atoms. The van der Waals surface area contributed by atoms with E-state index < -0.39 is 18.0 Å². The number of urea groups is 1. The molecule has 0 saturated heterocycles. The number of amides is 2. The summed E-state index contributed by atoms with van der Waals surface area (Å²) in [5, 5.41) is 6.01. The van der Waals surface area contributed by atoms with E-state index in [-0.39, 0.29) is 12.0 Å². The number of esters is 1. The Labute approximate surface area is 162 Å². The highest BCUT2D eigenvalue weighted by Gasteiger charge is 2.35. The van der Waals surface area contributed by atoms with Crippen LogP contribution in [-0.2, 0) is 9.53 Å². The summed E-state index contributed by atoms with van der Waals surface area (Å²) in [5.41, 5.74) is 1.37.